The van der Waals surface area contributed by atoms with Gasteiger partial charge in [0, 0.05) is 11.6 Å². The summed E-state index contributed by atoms with van der Waals surface area (Å²) in [5, 5.41) is 21.4. The highest BCUT2D eigenvalue weighted by molar-refractivity contribution is 5.77. The molecule has 1 rings (SSSR count). The van der Waals surface area contributed by atoms with Gasteiger partial charge in [-0.2, -0.15) is 0 Å². The van der Waals surface area contributed by atoms with Gasteiger partial charge in [-0.25, -0.2) is 0 Å². The van der Waals surface area contributed by atoms with Gasteiger partial charge in [0.1, 0.15) is 0 Å². The minimum Gasteiger partial charge on any atom is -0.490 e. The summed E-state index contributed by atoms with van der Waals surface area (Å²) in [6, 6.07) is 1.14. The molecule has 86 valence electrons. The zero-order valence-electron chi connectivity index (χ0n) is 8.59. The molecule has 0 aliphatic carbocycles. The van der Waals surface area contributed by atoms with Gasteiger partial charge in [-0.1, -0.05) is 0 Å². The third kappa shape index (κ3) is 1.72. The van der Waals surface area contributed by atoms with E-state index in [1.165, 1.54) is 14.0 Å². The molecule has 0 aliphatic rings. The first-order valence-electron chi connectivity index (χ1n) is 4.16. The Labute approximate surface area is 89.9 Å². The molecule has 0 aromatic heterocycles. The van der Waals surface area contributed by atoms with Crippen LogP contribution in [0.2, 0.25) is 0 Å². The summed E-state index contributed by atoms with van der Waals surface area (Å²) < 4.78 is 4.81. The smallest absolute Gasteiger partial charge is 0.340 e. The molecule has 1 aromatic carbocycles. The fraction of sp³-hybridized carbons (Fsp3) is 0.250. The molecule has 0 radical (unpaired) electrons. The molecule has 0 spiro atoms. The standard InChI is InChI=1S/C8H9N3O5/c1-4-3-5(10(12)13)6(9)7(11(14)15)8(4)16-2/h3H,9H2,1-2H3. The van der Waals surface area contributed by atoms with Crippen LogP contribution in [0.15, 0.2) is 6.07 Å². The van der Waals surface area contributed by atoms with Crippen molar-refractivity contribution < 1.29 is 14.6 Å². The van der Waals surface area contributed by atoms with Crippen LogP contribution in [0.1, 0.15) is 5.56 Å². The van der Waals surface area contributed by atoms with Crippen LogP contribution in [0, 0.1) is 27.2 Å². The van der Waals surface area contributed by atoms with E-state index in [4.69, 9.17) is 10.5 Å². The number of nitrogens with two attached hydrogens (primary N) is 1. The largest absolute Gasteiger partial charge is 0.490 e. The SMILES string of the molecule is COc1c(C)cc([N+](=O)[O-])c(N)c1[N+](=O)[O-]. The van der Waals surface area contributed by atoms with Crippen LogP contribution in [-0.2, 0) is 0 Å². The second-order valence-electron chi connectivity index (χ2n) is 3.02. The lowest BCUT2D eigenvalue weighted by Gasteiger charge is -2.07. The summed E-state index contributed by atoms with van der Waals surface area (Å²) in [6.45, 7) is 1.47. The molecule has 0 heterocycles. The fourth-order valence-electron chi connectivity index (χ4n) is 1.37. The Morgan fingerprint density at radius 3 is 2.25 bits per heavy atom. The van der Waals surface area contributed by atoms with Gasteiger partial charge in [-0.3, -0.25) is 20.2 Å². The van der Waals surface area contributed by atoms with Crippen LogP contribution >= 0.6 is 0 Å². The molecular formula is C8H9N3O5. The molecule has 0 fully saturated rings. The summed E-state index contributed by atoms with van der Waals surface area (Å²) in [5.74, 6) is -0.0619. The van der Waals surface area contributed by atoms with Gasteiger partial charge < -0.3 is 10.5 Å². The molecule has 0 bridgehead atoms. The first-order chi connectivity index (χ1) is 7.40. The highest BCUT2D eigenvalue weighted by atomic mass is 16.6. The van der Waals surface area contributed by atoms with Crippen molar-refractivity contribution in [3.63, 3.8) is 0 Å². The van der Waals surface area contributed by atoms with Crippen LogP contribution in [0.3, 0.4) is 0 Å². The number of nitro benzene ring substituents is 2. The molecule has 8 nitrogen and oxygen atoms in total. The van der Waals surface area contributed by atoms with E-state index in [1.54, 1.807) is 0 Å². The van der Waals surface area contributed by atoms with Crippen molar-refractivity contribution >= 4 is 17.1 Å². The Morgan fingerprint density at radius 1 is 1.31 bits per heavy atom. The molecule has 2 N–H and O–H groups in total. The van der Waals surface area contributed by atoms with E-state index in [0.717, 1.165) is 6.07 Å². The molecule has 0 aliphatic heterocycles. The number of nitro groups is 2. The zero-order valence-corrected chi connectivity index (χ0v) is 8.59. The van der Waals surface area contributed by atoms with Gasteiger partial charge in [0.2, 0.25) is 5.75 Å². The number of nitrogen functional groups attached to an aromatic ring is 1. The number of hydrogen-bond acceptors (Lipinski definition) is 6. The highest BCUT2D eigenvalue weighted by Gasteiger charge is 2.29. The number of anilines is 1. The maximum absolute atomic E-state index is 10.8. The fourth-order valence-corrected chi connectivity index (χ4v) is 1.37. The Kier molecular flexibility index (Phi) is 2.93. The molecule has 0 atom stereocenters. The van der Waals surface area contributed by atoms with Gasteiger partial charge in [0.05, 0.1) is 17.0 Å². The number of benzene rings is 1. The average Bonchev–Trinajstić information content (AvgIpc) is 2.19. The average molecular weight is 227 g/mol. The Hall–Kier alpha value is -2.38. The Morgan fingerprint density at radius 2 is 1.88 bits per heavy atom. The first kappa shape index (κ1) is 11.7. The number of aryl methyl sites for hydroxylation is 1. The van der Waals surface area contributed by atoms with Crippen LogP contribution in [0.4, 0.5) is 17.1 Å². The molecule has 16 heavy (non-hydrogen) atoms. The van der Waals surface area contributed by atoms with E-state index in [2.05, 4.69) is 0 Å². The van der Waals surface area contributed by atoms with Crippen molar-refractivity contribution in [2.75, 3.05) is 12.8 Å². The number of hydrogen-bond donors (Lipinski definition) is 1. The van der Waals surface area contributed by atoms with E-state index >= 15 is 0 Å². The summed E-state index contributed by atoms with van der Waals surface area (Å²) in [7, 11) is 1.24. The predicted octanol–water partition coefficient (Wildman–Crippen LogP) is 1.40. The monoisotopic (exact) mass is 227 g/mol. The van der Waals surface area contributed by atoms with Crippen molar-refractivity contribution in [3.8, 4) is 5.75 Å². The summed E-state index contributed by atoms with van der Waals surface area (Å²) in [4.78, 5) is 19.8. The van der Waals surface area contributed by atoms with Crippen LogP contribution < -0.4 is 10.5 Å². The third-order valence-electron chi connectivity index (χ3n) is 2.04. The maximum atomic E-state index is 10.8. The molecule has 0 unspecified atom stereocenters. The predicted molar refractivity (Wildman–Crippen MR) is 55.5 cm³/mol. The summed E-state index contributed by atoms with van der Waals surface area (Å²) >= 11 is 0. The van der Waals surface area contributed by atoms with Crippen molar-refractivity contribution in [2.24, 2.45) is 0 Å². The van der Waals surface area contributed by atoms with Crippen molar-refractivity contribution in [1.29, 1.82) is 0 Å². The van der Waals surface area contributed by atoms with Crippen molar-refractivity contribution in [3.05, 3.63) is 31.9 Å². The highest BCUT2D eigenvalue weighted by Crippen LogP contribution is 2.41. The molecule has 8 heteroatoms. The van der Waals surface area contributed by atoms with Crippen LogP contribution in [0.25, 0.3) is 0 Å². The Balaban J connectivity index is 3.65. The summed E-state index contributed by atoms with van der Waals surface area (Å²) in [5.41, 5.74) is 4.08. The van der Waals surface area contributed by atoms with E-state index in [1.807, 2.05) is 0 Å². The van der Waals surface area contributed by atoms with E-state index in [-0.39, 0.29) is 11.3 Å². The van der Waals surface area contributed by atoms with E-state index in [0.29, 0.717) is 0 Å². The molecule has 0 amide bonds. The van der Waals surface area contributed by atoms with Gasteiger partial charge in [-0.05, 0) is 6.92 Å². The normalized spacial score (nSPS) is 9.88. The van der Waals surface area contributed by atoms with Gasteiger partial charge in [-0.15, -0.1) is 0 Å². The van der Waals surface area contributed by atoms with Crippen molar-refractivity contribution in [2.45, 2.75) is 6.92 Å². The second kappa shape index (κ2) is 4.01. The molecular weight excluding hydrogens is 218 g/mol. The lowest BCUT2D eigenvalue weighted by atomic mass is 10.1. The first-order valence-corrected chi connectivity index (χ1v) is 4.16. The maximum Gasteiger partial charge on any atom is 0.340 e. The van der Waals surface area contributed by atoms with Gasteiger partial charge in [0.15, 0.2) is 5.69 Å². The lowest BCUT2D eigenvalue weighted by Crippen LogP contribution is -2.04. The number of nitrogens with zero attached hydrogens (tertiary/aromatic N) is 2. The molecule has 0 saturated carbocycles. The van der Waals surface area contributed by atoms with Gasteiger partial charge in [0.25, 0.3) is 5.69 Å². The number of methoxy groups -OCH3 is 1. The minimum atomic E-state index is -0.797. The van der Waals surface area contributed by atoms with E-state index < -0.39 is 26.9 Å². The topological polar surface area (TPSA) is 122 Å². The van der Waals surface area contributed by atoms with Crippen LogP contribution in [0.5, 0.6) is 5.75 Å². The second-order valence-corrected chi connectivity index (χ2v) is 3.02. The zero-order chi connectivity index (χ0) is 12.5. The summed E-state index contributed by atoms with van der Waals surface area (Å²) in [6.07, 6.45) is 0. The molecule has 0 saturated heterocycles. The lowest BCUT2D eigenvalue weighted by molar-refractivity contribution is -0.392. The Bertz CT molecular complexity index is 471. The minimum absolute atomic E-state index is 0.0619. The van der Waals surface area contributed by atoms with Crippen molar-refractivity contribution in [1.82, 2.24) is 0 Å². The number of rotatable bonds is 3. The third-order valence-corrected chi connectivity index (χ3v) is 2.04. The molecule has 1 aromatic rings. The number of ether oxygens (including phenoxy) is 1. The quantitative estimate of drug-likeness (QED) is 0.473. The van der Waals surface area contributed by atoms with Gasteiger partial charge >= 0.3 is 5.69 Å². The van der Waals surface area contributed by atoms with E-state index in [9.17, 15) is 20.2 Å². The van der Waals surface area contributed by atoms with Crippen LogP contribution in [-0.4, -0.2) is 17.0 Å².